The highest BCUT2D eigenvalue weighted by Gasteiger charge is 2.56. The largest absolute Gasteiger partial charge is 0.489 e. The SMILES string of the molecule is Cc1ccc(COc2ccccc2C2c3sc(=O)[nH]c3SC3C(=O)N(c4ccc(C)cc4)C(=O)C32)cc1. The zero-order valence-corrected chi connectivity index (χ0v) is 21.9. The number of nitrogens with one attached hydrogen (secondary N) is 1. The molecular formula is C29H24N2O4S2. The first-order valence-corrected chi connectivity index (χ1v) is 13.7. The lowest BCUT2D eigenvalue weighted by Gasteiger charge is -2.30. The van der Waals surface area contributed by atoms with E-state index in [1.165, 1.54) is 22.2 Å². The molecule has 1 fully saturated rings. The Labute approximate surface area is 222 Å². The summed E-state index contributed by atoms with van der Waals surface area (Å²) in [7, 11) is 0. The molecule has 0 saturated carbocycles. The van der Waals surface area contributed by atoms with Gasteiger partial charge in [-0.25, -0.2) is 4.90 Å². The number of benzene rings is 3. The van der Waals surface area contributed by atoms with Gasteiger partial charge in [0, 0.05) is 16.4 Å². The molecule has 6 nitrogen and oxygen atoms in total. The lowest BCUT2D eigenvalue weighted by Crippen LogP contribution is -2.32. The maximum atomic E-state index is 13.9. The maximum absolute atomic E-state index is 13.9. The molecule has 37 heavy (non-hydrogen) atoms. The quantitative estimate of drug-likeness (QED) is 0.350. The van der Waals surface area contributed by atoms with E-state index in [0.29, 0.717) is 23.1 Å². The second kappa shape index (κ2) is 9.36. The summed E-state index contributed by atoms with van der Waals surface area (Å²) >= 11 is 2.38. The third-order valence-electron chi connectivity index (χ3n) is 6.89. The van der Waals surface area contributed by atoms with Crippen LogP contribution in [0.2, 0.25) is 0 Å². The highest BCUT2D eigenvalue weighted by Crippen LogP contribution is 2.54. The summed E-state index contributed by atoms with van der Waals surface area (Å²) in [5.41, 5.74) is 4.62. The van der Waals surface area contributed by atoms with Gasteiger partial charge in [-0.2, -0.15) is 0 Å². The minimum Gasteiger partial charge on any atom is -0.489 e. The number of ether oxygens (including phenoxy) is 1. The van der Waals surface area contributed by atoms with Gasteiger partial charge in [0.15, 0.2) is 0 Å². The van der Waals surface area contributed by atoms with Gasteiger partial charge >= 0.3 is 4.87 Å². The number of thiazole rings is 1. The first kappa shape index (κ1) is 23.8. The molecule has 2 aliphatic heterocycles. The topological polar surface area (TPSA) is 79.5 Å². The average Bonchev–Trinajstić information content (AvgIpc) is 3.39. The molecule has 3 heterocycles. The van der Waals surface area contributed by atoms with E-state index in [-0.39, 0.29) is 16.7 Å². The minimum absolute atomic E-state index is 0.198. The Hall–Kier alpha value is -3.62. The van der Waals surface area contributed by atoms with Crippen LogP contribution in [0.1, 0.15) is 33.0 Å². The molecular weight excluding hydrogens is 504 g/mol. The normalized spacial score (nSPS) is 20.6. The molecule has 0 spiro atoms. The van der Waals surface area contributed by atoms with Crippen molar-refractivity contribution in [3.8, 4) is 5.75 Å². The Morgan fingerprint density at radius 2 is 1.54 bits per heavy atom. The van der Waals surface area contributed by atoms with Gasteiger partial charge in [0.05, 0.1) is 16.6 Å². The van der Waals surface area contributed by atoms with Crippen molar-refractivity contribution in [2.45, 2.75) is 36.6 Å². The van der Waals surface area contributed by atoms with Crippen molar-refractivity contribution < 1.29 is 14.3 Å². The van der Waals surface area contributed by atoms with E-state index in [4.69, 9.17) is 4.74 Å². The van der Waals surface area contributed by atoms with Gasteiger partial charge in [-0.1, -0.05) is 88.8 Å². The van der Waals surface area contributed by atoms with Crippen LogP contribution in [-0.4, -0.2) is 22.0 Å². The van der Waals surface area contributed by atoms with Crippen LogP contribution in [0.3, 0.4) is 0 Å². The van der Waals surface area contributed by atoms with E-state index >= 15 is 0 Å². The van der Waals surface area contributed by atoms with E-state index in [0.717, 1.165) is 32.9 Å². The number of hydrogen-bond donors (Lipinski definition) is 1. The van der Waals surface area contributed by atoms with E-state index in [1.807, 2.05) is 74.5 Å². The number of aromatic nitrogens is 1. The van der Waals surface area contributed by atoms with Gasteiger partial charge in [0.25, 0.3) is 0 Å². The van der Waals surface area contributed by atoms with Gasteiger partial charge in [0.2, 0.25) is 11.8 Å². The summed E-state index contributed by atoms with van der Waals surface area (Å²) in [4.78, 5) is 44.7. The summed E-state index contributed by atoms with van der Waals surface area (Å²) in [5.74, 6) is -1.01. The average molecular weight is 529 g/mol. The standard InChI is InChI=1S/C29H24N2O4S2/c1-16-7-11-18(12-8-16)15-35-21-6-4-3-5-20(21)22-23-25(36-26-24(22)37-29(34)30-26)28(33)31(27(23)32)19-13-9-17(2)10-14-19/h3-14,22-23,25H,15H2,1-2H3,(H,30,34). The molecule has 1 saturated heterocycles. The summed E-state index contributed by atoms with van der Waals surface area (Å²) in [6.45, 7) is 4.37. The fourth-order valence-electron chi connectivity index (χ4n) is 5.01. The fraction of sp³-hybridized carbons (Fsp3) is 0.207. The van der Waals surface area contributed by atoms with Crippen LogP contribution in [0.15, 0.2) is 82.6 Å². The number of para-hydroxylation sites is 1. The molecule has 0 radical (unpaired) electrons. The fourth-order valence-corrected chi connectivity index (χ4v) is 7.52. The van der Waals surface area contributed by atoms with Crippen molar-refractivity contribution in [2.24, 2.45) is 5.92 Å². The number of hydrogen-bond acceptors (Lipinski definition) is 6. The number of nitrogens with zero attached hydrogens (tertiary/aromatic N) is 1. The van der Waals surface area contributed by atoms with E-state index in [1.54, 1.807) is 12.1 Å². The number of amides is 2. The summed E-state index contributed by atoms with van der Waals surface area (Å²) in [6.07, 6.45) is 0. The number of imide groups is 1. The molecule has 6 rings (SSSR count). The van der Waals surface area contributed by atoms with Crippen LogP contribution < -0.4 is 14.5 Å². The number of carbonyl (C=O) groups excluding carboxylic acids is 2. The van der Waals surface area contributed by atoms with Crippen molar-refractivity contribution in [1.29, 1.82) is 0 Å². The smallest absolute Gasteiger partial charge is 0.305 e. The van der Waals surface area contributed by atoms with Gasteiger partial charge in [-0.05, 0) is 37.6 Å². The Morgan fingerprint density at radius 3 is 2.27 bits per heavy atom. The number of rotatable bonds is 5. The Morgan fingerprint density at radius 1 is 0.865 bits per heavy atom. The Bertz CT molecular complexity index is 1560. The van der Waals surface area contributed by atoms with Crippen molar-refractivity contribution in [3.63, 3.8) is 0 Å². The van der Waals surface area contributed by atoms with Crippen molar-refractivity contribution in [1.82, 2.24) is 4.98 Å². The molecule has 2 aliphatic rings. The molecule has 1 aromatic heterocycles. The van der Waals surface area contributed by atoms with E-state index in [2.05, 4.69) is 4.98 Å². The molecule has 2 amide bonds. The van der Waals surface area contributed by atoms with Gasteiger partial charge in [0.1, 0.15) is 17.6 Å². The Kier molecular flexibility index (Phi) is 6.01. The molecule has 3 aromatic carbocycles. The lowest BCUT2D eigenvalue weighted by atomic mass is 9.82. The van der Waals surface area contributed by atoms with Crippen LogP contribution in [-0.2, 0) is 16.2 Å². The van der Waals surface area contributed by atoms with Gasteiger partial charge in [-0.3, -0.25) is 14.4 Å². The number of carbonyl (C=O) groups is 2. The van der Waals surface area contributed by atoms with Crippen molar-refractivity contribution >= 4 is 40.6 Å². The molecule has 0 bridgehead atoms. The molecule has 8 heteroatoms. The highest BCUT2D eigenvalue weighted by atomic mass is 32.2. The van der Waals surface area contributed by atoms with Gasteiger partial charge in [-0.15, -0.1) is 0 Å². The predicted molar refractivity (Wildman–Crippen MR) is 146 cm³/mol. The molecule has 4 aromatic rings. The van der Waals surface area contributed by atoms with Crippen LogP contribution in [0.25, 0.3) is 0 Å². The molecule has 186 valence electrons. The van der Waals surface area contributed by atoms with Crippen LogP contribution in [0.4, 0.5) is 5.69 Å². The maximum Gasteiger partial charge on any atom is 0.305 e. The van der Waals surface area contributed by atoms with Crippen molar-refractivity contribution in [2.75, 3.05) is 4.90 Å². The number of fused-ring (bicyclic) bond motifs is 2. The summed E-state index contributed by atoms with van der Waals surface area (Å²) in [6, 6.07) is 23.1. The van der Waals surface area contributed by atoms with E-state index < -0.39 is 17.1 Å². The number of thioether (sulfide) groups is 1. The summed E-state index contributed by atoms with van der Waals surface area (Å²) < 4.78 is 6.27. The zero-order valence-electron chi connectivity index (χ0n) is 20.3. The van der Waals surface area contributed by atoms with Crippen LogP contribution in [0, 0.1) is 19.8 Å². The molecule has 3 unspecified atom stereocenters. The predicted octanol–water partition coefficient (Wildman–Crippen LogP) is 5.43. The van der Waals surface area contributed by atoms with Crippen LogP contribution >= 0.6 is 23.1 Å². The number of anilines is 1. The monoisotopic (exact) mass is 528 g/mol. The lowest BCUT2D eigenvalue weighted by molar-refractivity contribution is -0.122. The first-order valence-electron chi connectivity index (χ1n) is 12.0. The van der Waals surface area contributed by atoms with Crippen molar-refractivity contribution in [3.05, 3.63) is 110 Å². The third-order valence-corrected chi connectivity index (χ3v) is 9.29. The number of aryl methyl sites for hydroxylation is 2. The van der Waals surface area contributed by atoms with Gasteiger partial charge < -0.3 is 9.72 Å². The summed E-state index contributed by atoms with van der Waals surface area (Å²) in [5, 5.41) is 0.0169. The molecule has 3 atom stereocenters. The van der Waals surface area contributed by atoms with E-state index in [9.17, 15) is 14.4 Å². The highest BCUT2D eigenvalue weighted by molar-refractivity contribution is 8.00. The Balaban J connectivity index is 1.41. The molecule has 0 aliphatic carbocycles. The second-order valence-electron chi connectivity index (χ2n) is 9.41. The molecule has 1 N–H and O–H groups in total. The third kappa shape index (κ3) is 4.20. The second-order valence-corrected chi connectivity index (χ2v) is 11.6. The number of H-pyrrole nitrogens is 1. The number of aromatic amines is 1. The first-order chi connectivity index (χ1) is 17.9. The minimum atomic E-state index is -0.651. The van der Waals surface area contributed by atoms with Crippen LogP contribution in [0.5, 0.6) is 5.75 Å². The zero-order chi connectivity index (χ0) is 25.7.